The summed E-state index contributed by atoms with van der Waals surface area (Å²) in [5.41, 5.74) is -1.36. The zero-order valence-corrected chi connectivity index (χ0v) is 14.2. The SMILES string of the molecule is COc1cc(C(=O)CNC(=O)OC(C)(C)C)c([N+](=O)[O-])cc1OC. The summed E-state index contributed by atoms with van der Waals surface area (Å²) >= 11 is 0. The summed E-state index contributed by atoms with van der Waals surface area (Å²) in [5, 5.41) is 13.4. The van der Waals surface area contributed by atoms with E-state index in [2.05, 4.69) is 5.32 Å². The number of carbonyl (C=O) groups is 2. The van der Waals surface area contributed by atoms with Gasteiger partial charge >= 0.3 is 6.09 Å². The average Bonchev–Trinajstić information content (AvgIpc) is 2.49. The van der Waals surface area contributed by atoms with Crippen LogP contribution in [-0.2, 0) is 4.74 Å². The van der Waals surface area contributed by atoms with Crippen molar-refractivity contribution < 1.29 is 28.7 Å². The van der Waals surface area contributed by atoms with Crippen LogP contribution in [0.5, 0.6) is 11.5 Å². The predicted molar refractivity (Wildman–Crippen MR) is 84.8 cm³/mol. The molecule has 0 unspecified atom stereocenters. The summed E-state index contributed by atoms with van der Waals surface area (Å²) in [7, 11) is 2.67. The lowest BCUT2D eigenvalue weighted by atomic mass is 10.1. The van der Waals surface area contributed by atoms with Crippen molar-refractivity contribution in [3.63, 3.8) is 0 Å². The Morgan fingerprint density at radius 1 is 1.17 bits per heavy atom. The maximum absolute atomic E-state index is 12.2. The van der Waals surface area contributed by atoms with Gasteiger partial charge in [-0.15, -0.1) is 0 Å². The van der Waals surface area contributed by atoms with Crippen molar-refractivity contribution in [2.24, 2.45) is 0 Å². The molecule has 0 bridgehead atoms. The van der Waals surface area contributed by atoms with Crippen LogP contribution in [0.15, 0.2) is 12.1 Å². The second kappa shape index (κ2) is 7.62. The first-order chi connectivity index (χ1) is 11.1. The van der Waals surface area contributed by atoms with E-state index >= 15 is 0 Å². The highest BCUT2D eigenvalue weighted by atomic mass is 16.6. The molecule has 0 radical (unpaired) electrons. The fourth-order valence-electron chi connectivity index (χ4n) is 1.80. The average molecular weight is 340 g/mol. The maximum Gasteiger partial charge on any atom is 0.408 e. The van der Waals surface area contributed by atoms with Crippen molar-refractivity contribution in [1.82, 2.24) is 5.32 Å². The van der Waals surface area contributed by atoms with Gasteiger partial charge in [0.05, 0.1) is 31.8 Å². The molecule has 0 atom stereocenters. The number of ether oxygens (including phenoxy) is 3. The Morgan fingerprint density at radius 3 is 2.17 bits per heavy atom. The number of hydrogen-bond acceptors (Lipinski definition) is 7. The van der Waals surface area contributed by atoms with E-state index in [1.54, 1.807) is 20.8 Å². The number of Topliss-reactive ketones (excluding diaryl/α,β-unsaturated/α-hetero) is 1. The Morgan fingerprint density at radius 2 is 1.71 bits per heavy atom. The molecule has 0 aromatic heterocycles. The van der Waals surface area contributed by atoms with E-state index in [1.165, 1.54) is 20.3 Å². The number of carbonyl (C=O) groups excluding carboxylic acids is 2. The van der Waals surface area contributed by atoms with Crippen LogP contribution in [0.3, 0.4) is 0 Å². The molecule has 0 saturated heterocycles. The van der Waals surface area contributed by atoms with E-state index in [4.69, 9.17) is 14.2 Å². The summed E-state index contributed by atoms with van der Waals surface area (Å²) < 4.78 is 15.0. The fraction of sp³-hybridized carbons (Fsp3) is 0.467. The Kier molecular flexibility index (Phi) is 6.10. The lowest BCUT2D eigenvalue weighted by Gasteiger charge is -2.19. The smallest absolute Gasteiger partial charge is 0.408 e. The standard InChI is InChI=1S/C15H20N2O7/c1-15(2,3)24-14(19)16-8-11(18)9-6-12(22-4)13(23-5)7-10(9)17(20)21/h6-7H,8H2,1-5H3,(H,16,19). The van der Waals surface area contributed by atoms with Crippen LogP contribution in [0.4, 0.5) is 10.5 Å². The minimum atomic E-state index is -0.793. The third-order valence-corrected chi connectivity index (χ3v) is 2.79. The van der Waals surface area contributed by atoms with Crippen LogP contribution >= 0.6 is 0 Å². The number of amides is 1. The summed E-state index contributed by atoms with van der Waals surface area (Å²) in [6.07, 6.45) is -0.793. The Hall–Kier alpha value is -2.84. The van der Waals surface area contributed by atoms with Gasteiger partial charge in [-0.05, 0) is 20.8 Å². The first-order valence-electron chi connectivity index (χ1n) is 6.99. The number of ketones is 1. The lowest BCUT2D eigenvalue weighted by molar-refractivity contribution is -0.385. The van der Waals surface area contributed by atoms with Crippen LogP contribution in [0.2, 0.25) is 0 Å². The van der Waals surface area contributed by atoms with Gasteiger partial charge < -0.3 is 19.5 Å². The number of hydrogen-bond donors (Lipinski definition) is 1. The summed E-state index contributed by atoms with van der Waals surface area (Å²) in [6, 6.07) is 2.30. The summed E-state index contributed by atoms with van der Waals surface area (Å²) in [6.45, 7) is 4.57. The molecule has 132 valence electrons. The van der Waals surface area contributed by atoms with Crippen molar-refractivity contribution in [3.8, 4) is 11.5 Å². The van der Waals surface area contributed by atoms with E-state index in [9.17, 15) is 19.7 Å². The molecular weight excluding hydrogens is 320 g/mol. The largest absolute Gasteiger partial charge is 0.493 e. The number of nitrogens with zero attached hydrogens (tertiary/aromatic N) is 1. The monoisotopic (exact) mass is 340 g/mol. The van der Waals surface area contributed by atoms with Gasteiger partial charge in [-0.1, -0.05) is 0 Å². The molecule has 0 aliphatic heterocycles. The van der Waals surface area contributed by atoms with Crippen molar-refractivity contribution in [2.45, 2.75) is 26.4 Å². The normalized spacial score (nSPS) is 10.7. The van der Waals surface area contributed by atoms with Gasteiger partial charge in [0.1, 0.15) is 11.2 Å². The van der Waals surface area contributed by atoms with Gasteiger partial charge in [0.15, 0.2) is 17.3 Å². The number of rotatable bonds is 6. The Balaban J connectivity index is 3.01. The molecule has 0 aliphatic carbocycles. The van der Waals surface area contributed by atoms with E-state index in [0.717, 1.165) is 6.07 Å². The van der Waals surface area contributed by atoms with E-state index in [-0.39, 0.29) is 17.1 Å². The zero-order valence-electron chi connectivity index (χ0n) is 14.2. The molecule has 1 aromatic rings. The molecule has 0 aliphatic rings. The number of nitro groups is 1. The highest BCUT2D eigenvalue weighted by Gasteiger charge is 2.25. The molecule has 0 heterocycles. The summed E-state index contributed by atoms with van der Waals surface area (Å²) in [5.74, 6) is -0.363. The van der Waals surface area contributed by atoms with Crippen LogP contribution in [0.25, 0.3) is 0 Å². The van der Waals surface area contributed by atoms with Gasteiger partial charge in [0.2, 0.25) is 0 Å². The quantitative estimate of drug-likeness (QED) is 0.479. The number of methoxy groups -OCH3 is 2. The van der Waals surface area contributed by atoms with Crippen LogP contribution in [0, 0.1) is 10.1 Å². The molecule has 0 spiro atoms. The minimum Gasteiger partial charge on any atom is -0.493 e. The van der Waals surface area contributed by atoms with Crippen molar-refractivity contribution >= 4 is 17.6 Å². The lowest BCUT2D eigenvalue weighted by Crippen LogP contribution is -2.35. The van der Waals surface area contributed by atoms with Crippen molar-refractivity contribution in [3.05, 3.63) is 27.8 Å². The van der Waals surface area contributed by atoms with Crippen LogP contribution in [-0.4, -0.2) is 43.2 Å². The fourth-order valence-corrected chi connectivity index (χ4v) is 1.80. The second-order valence-corrected chi connectivity index (χ2v) is 5.76. The third kappa shape index (κ3) is 5.11. The molecule has 1 aromatic carbocycles. The van der Waals surface area contributed by atoms with E-state index < -0.39 is 34.6 Å². The van der Waals surface area contributed by atoms with Crippen LogP contribution in [0.1, 0.15) is 31.1 Å². The van der Waals surface area contributed by atoms with Gasteiger partial charge in [0.25, 0.3) is 5.69 Å². The third-order valence-electron chi connectivity index (χ3n) is 2.79. The molecule has 1 N–H and O–H groups in total. The van der Waals surface area contributed by atoms with Gasteiger partial charge in [-0.25, -0.2) is 4.79 Å². The summed E-state index contributed by atoms with van der Waals surface area (Å²) in [4.78, 5) is 34.3. The first kappa shape index (κ1) is 19.2. The minimum absolute atomic E-state index is 0.126. The van der Waals surface area contributed by atoms with E-state index in [0.29, 0.717) is 0 Å². The number of nitrogens with one attached hydrogen (secondary N) is 1. The van der Waals surface area contributed by atoms with Crippen molar-refractivity contribution in [1.29, 1.82) is 0 Å². The Labute approximate surface area is 139 Å². The molecule has 1 rings (SSSR count). The maximum atomic E-state index is 12.2. The molecule has 24 heavy (non-hydrogen) atoms. The highest BCUT2D eigenvalue weighted by Crippen LogP contribution is 2.34. The van der Waals surface area contributed by atoms with Gasteiger partial charge in [-0.2, -0.15) is 0 Å². The predicted octanol–water partition coefficient (Wildman–Crippen LogP) is 2.32. The first-order valence-corrected chi connectivity index (χ1v) is 6.99. The molecular formula is C15H20N2O7. The molecule has 9 nitrogen and oxygen atoms in total. The number of alkyl carbamates (subject to hydrolysis) is 1. The Bertz CT molecular complexity index is 650. The van der Waals surface area contributed by atoms with Gasteiger partial charge in [-0.3, -0.25) is 14.9 Å². The van der Waals surface area contributed by atoms with E-state index in [1.807, 2.05) is 0 Å². The van der Waals surface area contributed by atoms with Crippen LogP contribution < -0.4 is 14.8 Å². The van der Waals surface area contributed by atoms with Crippen molar-refractivity contribution in [2.75, 3.05) is 20.8 Å². The highest BCUT2D eigenvalue weighted by molar-refractivity contribution is 6.03. The zero-order chi connectivity index (χ0) is 18.5. The molecule has 9 heteroatoms. The van der Waals surface area contributed by atoms with Gasteiger partial charge in [0, 0.05) is 6.07 Å². The number of benzene rings is 1. The number of nitro benzene ring substituents is 1. The second-order valence-electron chi connectivity index (χ2n) is 5.76. The molecule has 1 amide bonds. The molecule has 0 saturated carbocycles. The topological polar surface area (TPSA) is 117 Å². The molecule has 0 fully saturated rings.